The van der Waals surface area contributed by atoms with Crippen LogP contribution in [0.25, 0.3) is 0 Å². The molecule has 1 fully saturated rings. The number of likely N-dealkylation sites (tertiary alicyclic amines) is 1. The molecule has 0 spiro atoms. The normalized spacial score (nSPS) is 17.0. The van der Waals surface area contributed by atoms with Gasteiger partial charge in [0, 0.05) is 13.0 Å². The zero-order valence-electron chi connectivity index (χ0n) is 14.0. The first-order chi connectivity index (χ1) is 11.4. The first-order valence-electron chi connectivity index (χ1n) is 8.54. The summed E-state index contributed by atoms with van der Waals surface area (Å²) >= 11 is 0. The molecule has 1 aromatic carbocycles. The van der Waals surface area contributed by atoms with Crippen molar-refractivity contribution in [2.75, 3.05) is 26.2 Å². The Labute approximate surface area is 141 Å². The van der Waals surface area contributed by atoms with Crippen molar-refractivity contribution >= 4 is 5.91 Å². The smallest absolute Gasteiger partial charge is 0.356 e. The SMILES string of the molecule is CCN1CCC(CC(=O)NCCc2ccccc2C(F)(F)F)CC1. The average Bonchev–Trinajstić information content (AvgIpc) is 2.55. The Bertz CT molecular complexity index is 537. The van der Waals surface area contributed by atoms with Crippen LogP contribution in [0.3, 0.4) is 0 Å². The van der Waals surface area contributed by atoms with Crippen LogP contribution in [0.2, 0.25) is 0 Å². The molecule has 1 aliphatic rings. The van der Waals surface area contributed by atoms with E-state index in [1.807, 2.05) is 0 Å². The van der Waals surface area contributed by atoms with Gasteiger partial charge in [0.2, 0.25) is 5.91 Å². The molecule has 1 saturated heterocycles. The molecule has 1 aromatic rings. The molecule has 0 bridgehead atoms. The van der Waals surface area contributed by atoms with Crippen molar-refractivity contribution in [1.29, 1.82) is 0 Å². The van der Waals surface area contributed by atoms with Gasteiger partial charge in [0.1, 0.15) is 0 Å². The summed E-state index contributed by atoms with van der Waals surface area (Å²) in [7, 11) is 0. The maximum absolute atomic E-state index is 12.9. The molecule has 0 saturated carbocycles. The van der Waals surface area contributed by atoms with E-state index in [-0.39, 0.29) is 24.4 Å². The summed E-state index contributed by atoms with van der Waals surface area (Å²) in [5.74, 6) is 0.324. The lowest BCUT2D eigenvalue weighted by molar-refractivity contribution is -0.138. The second-order valence-corrected chi connectivity index (χ2v) is 6.34. The van der Waals surface area contributed by atoms with E-state index in [0.717, 1.165) is 38.5 Å². The maximum atomic E-state index is 12.9. The van der Waals surface area contributed by atoms with Crippen LogP contribution in [-0.4, -0.2) is 37.0 Å². The number of alkyl halides is 3. The Morgan fingerprint density at radius 2 is 1.92 bits per heavy atom. The van der Waals surface area contributed by atoms with Crippen LogP contribution in [0, 0.1) is 5.92 Å². The lowest BCUT2D eigenvalue weighted by Gasteiger charge is -2.30. The molecule has 0 aromatic heterocycles. The molecule has 3 nitrogen and oxygen atoms in total. The predicted molar refractivity (Wildman–Crippen MR) is 87.6 cm³/mol. The fourth-order valence-corrected chi connectivity index (χ4v) is 3.19. The quantitative estimate of drug-likeness (QED) is 0.858. The van der Waals surface area contributed by atoms with Gasteiger partial charge in [0.15, 0.2) is 0 Å². The Hall–Kier alpha value is -1.56. The van der Waals surface area contributed by atoms with Gasteiger partial charge in [0.25, 0.3) is 0 Å². The molecule has 0 unspecified atom stereocenters. The molecule has 1 N–H and O–H groups in total. The molecule has 0 aliphatic carbocycles. The topological polar surface area (TPSA) is 32.3 Å². The second-order valence-electron chi connectivity index (χ2n) is 6.34. The summed E-state index contributed by atoms with van der Waals surface area (Å²) in [5.41, 5.74) is -0.396. The second kappa shape index (κ2) is 8.51. The van der Waals surface area contributed by atoms with E-state index in [9.17, 15) is 18.0 Å². The van der Waals surface area contributed by atoms with Crippen LogP contribution in [0.4, 0.5) is 13.2 Å². The van der Waals surface area contributed by atoms with Crippen molar-refractivity contribution < 1.29 is 18.0 Å². The number of benzene rings is 1. The number of carbonyl (C=O) groups is 1. The van der Waals surface area contributed by atoms with Crippen LogP contribution >= 0.6 is 0 Å². The molecule has 1 aliphatic heterocycles. The maximum Gasteiger partial charge on any atom is 0.416 e. The number of piperidine rings is 1. The van der Waals surface area contributed by atoms with Gasteiger partial charge in [-0.15, -0.1) is 0 Å². The Morgan fingerprint density at radius 1 is 1.25 bits per heavy atom. The lowest BCUT2D eigenvalue weighted by atomic mass is 9.93. The van der Waals surface area contributed by atoms with E-state index in [4.69, 9.17) is 0 Å². The van der Waals surface area contributed by atoms with Crippen molar-refractivity contribution in [3.05, 3.63) is 35.4 Å². The molecule has 1 heterocycles. The summed E-state index contributed by atoms with van der Waals surface area (Å²) in [6, 6.07) is 5.52. The highest BCUT2D eigenvalue weighted by atomic mass is 19.4. The molecular weight excluding hydrogens is 317 g/mol. The van der Waals surface area contributed by atoms with Gasteiger partial charge < -0.3 is 10.2 Å². The summed E-state index contributed by atoms with van der Waals surface area (Å²) in [6.45, 7) is 5.45. The number of amides is 1. The van der Waals surface area contributed by atoms with Crippen LogP contribution in [0.15, 0.2) is 24.3 Å². The minimum atomic E-state index is -4.35. The monoisotopic (exact) mass is 342 g/mol. The third-order valence-electron chi connectivity index (χ3n) is 4.67. The van der Waals surface area contributed by atoms with Gasteiger partial charge >= 0.3 is 6.18 Å². The lowest BCUT2D eigenvalue weighted by Crippen LogP contribution is -2.36. The van der Waals surface area contributed by atoms with Crippen molar-refractivity contribution in [2.45, 2.75) is 38.8 Å². The van der Waals surface area contributed by atoms with E-state index >= 15 is 0 Å². The van der Waals surface area contributed by atoms with Gasteiger partial charge in [-0.05, 0) is 56.4 Å². The minimum absolute atomic E-state index is 0.0607. The zero-order chi connectivity index (χ0) is 17.6. The zero-order valence-corrected chi connectivity index (χ0v) is 14.0. The van der Waals surface area contributed by atoms with Crippen molar-refractivity contribution in [3.63, 3.8) is 0 Å². The Morgan fingerprint density at radius 3 is 2.54 bits per heavy atom. The third kappa shape index (κ3) is 5.51. The largest absolute Gasteiger partial charge is 0.416 e. The summed E-state index contributed by atoms with van der Waals surface area (Å²) in [4.78, 5) is 14.4. The van der Waals surface area contributed by atoms with Crippen LogP contribution in [0.1, 0.15) is 37.3 Å². The highest BCUT2D eigenvalue weighted by Gasteiger charge is 2.32. The number of halogens is 3. The molecule has 0 radical (unpaired) electrons. The highest BCUT2D eigenvalue weighted by molar-refractivity contribution is 5.76. The molecule has 6 heteroatoms. The fraction of sp³-hybridized carbons (Fsp3) is 0.611. The molecule has 24 heavy (non-hydrogen) atoms. The number of hydrogen-bond donors (Lipinski definition) is 1. The van der Waals surface area contributed by atoms with Gasteiger partial charge in [-0.3, -0.25) is 4.79 Å². The van der Waals surface area contributed by atoms with Crippen molar-refractivity contribution in [1.82, 2.24) is 10.2 Å². The van der Waals surface area contributed by atoms with Gasteiger partial charge in [-0.25, -0.2) is 0 Å². The van der Waals surface area contributed by atoms with Gasteiger partial charge in [0.05, 0.1) is 5.56 Å². The van der Waals surface area contributed by atoms with E-state index in [0.29, 0.717) is 12.3 Å². The summed E-state index contributed by atoms with van der Waals surface area (Å²) in [6.07, 6.45) is -1.67. The first-order valence-corrected chi connectivity index (χ1v) is 8.54. The van der Waals surface area contributed by atoms with Crippen molar-refractivity contribution in [3.8, 4) is 0 Å². The number of hydrogen-bond acceptors (Lipinski definition) is 2. The fourth-order valence-electron chi connectivity index (χ4n) is 3.19. The number of nitrogens with one attached hydrogen (secondary N) is 1. The van der Waals surface area contributed by atoms with Crippen LogP contribution in [-0.2, 0) is 17.4 Å². The molecule has 0 atom stereocenters. The van der Waals surface area contributed by atoms with Crippen LogP contribution < -0.4 is 5.32 Å². The average molecular weight is 342 g/mol. The number of nitrogens with zero attached hydrogens (tertiary/aromatic N) is 1. The number of carbonyl (C=O) groups excluding carboxylic acids is 1. The Balaban J connectivity index is 1.76. The Kier molecular flexibility index (Phi) is 6.66. The van der Waals surface area contributed by atoms with E-state index in [1.54, 1.807) is 6.07 Å². The highest BCUT2D eigenvalue weighted by Crippen LogP contribution is 2.31. The van der Waals surface area contributed by atoms with E-state index in [2.05, 4.69) is 17.1 Å². The summed E-state index contributed by atoms with van der Waals surface area (Å²) in [5, 5.41) is 2.76. The molecular formula is C18H25F3N2O. The number of rotatable bonds is 6. The van der Waals surface area contributed by atoms with Crippen molar-refractivity contribution in [2.24, 2.45) is 5.92 Å². The standard InChI is InChI=1S/C18H25F3N2O/c1-2-23-11-8-14(9-12-23)13-17(24)22-10-7-15-5-3-4-6-16(15)18(19,20)21/h3-6,14H,2,7-13H2,1H3,(H,22,24). The van der Waals surface area contributed by atoms with Gasteiger partial charge in [-0.1, -0.05) is 25.1 Å². The van der Waals surface area contributed by atoms with Crippen LogP contribution in [0.5, 0.6) is 0 Å². The predicted octanol–water partition coefficient (Wildman–Crippen LogP) is 3.49. The van der Waals surface area contributed by atoms with Gasteiger partial charge in [-0.2, -0.15) is 13.2 Å². The van der Waals surface area contributed by atoms with E-state index in [1.165, 1.54) is 12.1 Å². The molecule has 134 valence electrons. The first kappa shape index (κ1) is 18.8. The minimum Gasteiger partial charge on any atom is -0.356 e. The summed E-state index contributed by atoms with van der Waals surface area (Å²) < 4.78 is 38.7. The molecule has 1 amide bonds. The molecule has 2 rings (SSSR count). The third-order valence-corrected chi connectivity index (χ3v) is 4.67. The van der Waals surface area contributed by atoms with E-state index < -0.39 is 11.7 Å².